The van der Waals surface area contributed by atoms with Crippen LogP contribution in [0.25, 0.3) is 0 Å². The Kier molecular flexibility index (Phi) is 5.46. The molecule has 2 aromatic carbocycles. The number of halogens is 4. The van der Waals surface area contributed by atoms with E-state index in [9.17, 15) is 31.5 Å². The number of hydrogen-bond donors (Lipinski definition) is 3. The van der Waals surface area contributed by atoms with Crippen molar-refractivity contribution in [1.82, 2.24) is 0 Å². The number of carbonyl (C=O) groups is 1. The van der Waals surface area contributed by atoms with E-state index < -0.39 is 27.5 Å². The SMILES string of the molecule is CC(O)(C(=O)Nc1ccc(S(=O)(=O)c2cccc(N)c2)cc1Cl)C(F)(F)F. The molecule has 0 fully saturated rings. The van der Waals surface area contributed by atoms with Gasteiger partial charge in [0.15, 0.2) is 0 Å². The van der Waals surface area contributed by atoms with Crippen molar-refractivity contribution in [2.45, 2.75) is 28.5 Å². The Morgan fingerprint density at radius 3 is 2.26 bits per heavy atom. The Hall–Kier alpha value is -2.30. The van der Waals surface area contributed by atoms with Gasteiger partial charge in [-0.15, -0.1) is 0 Å². The van der Waals surface area contributed by atoms with Crippen LogP contribution in [0.15, 0.2) is 52.3 Å². The summed E-state index contributed by atoms with van der Waals surface area (Å²) in [6.45, 7) is 0.287. The summed E-state index contributed by atoms with van der Waals surface area (Å²) in [6.07, 6.45) is -5.21. The van der Waals surface area contributed by atoms with E-state index in [2.05, 4.69) is 0 Å². The second-order valence-corrected chi connectivity index (χ2v) is 8.10. The Morgan fingerprint density at radius 1 is 1.15 bits per heavy atom. The molecular formula is C16H14ClF3N2O4S. The molecule has 1 atom stereocenters. The second-order valence-electron chi connectivity index (χ2n) is 5.74. The lowest BCUT2D eigenvalue weighted by atomic mass is 10.1. The van der Waals surface area contributed by atoms with Crippen LogP contribution in [0, 0.1) is 0 Å². The molecule has 0 aliphatic rings. The third kappa shape index (κ3) is 4.18. The first-order chi connectivity index (χ1) is 12.3. The summed E-state index contributed by atoms with van der Waals surface area (Å²) < 4.78 is 63.2. The van der Waals surface area contributed by atoms with Gasteiger partial charge in [0.1, 0.15) is 0 Å². The molecule has 27 heavy (non-hydrogen) atoms. The molecule has 0 aliphatic heterocycles. The Morgan fingerprint density at radius 2 is 1.74 bits per heavy atom. The Bertz CT molecular complexity index is 991. The number of anilines is 2. The maximum absolute atomic E-state index is 12.7. The van der Waals surface area contributed by atoms with Gasteiger partial charge in [-0.3, -0.25) is 4.79 Å². The highest BCUT2D eigenvalue weighted by molar-refractivity contribution is 7.91. The normalized spacial score (nSPS) is 14.4. The van der Waals surface area contributed by atoms with Gasteiger partial charge in [0, 0.05) is 5.69 Å². The number of nitrogen functional groups attached to an aromatic ring is 1. The highest BCUT2D eigenvalue weighted by Crippen LogP contribution is 2.33. The molecule has 6 nitrogen and oxygen atoms in total. The molecular weight excluding hydrogens is 409 g/mol. The number of alkyl halides is 3. The van der Waals surface area contributed by atoms with Crippen molar-refractivity contribution in [3.05, 3.63) is 47.5 Å². The predicted octanol–water partition coefficient (Wildman–Crippen LogP) is 3.01. The van der Waals surface area contributed by atoms with Gasteiger partial charge in [-0.25, -0.2) is 8.42 Å². The lowest BCUT2D eigenvalue weighted by Crippen LogP contribution is -2.52. The van der Waals surface area contributed by atoms with Crippen LogP contribution in [0.4, 0.5) is 24.5 Å². The molecule has 0 saturated carbocycles. The zero-order chi connectivity index (χ0) is 20.6. The van der Waals surface area contributed by atoms with Gasteiger partial charge in [0.05, 0.1) is 20.5 Å². The topological polar surface area (TPSA) is 109 Å². The molecule has 0 aromatic heterocycles. The zero-order valence-electron chi connectivity index (χ0n) is 13.7. The van der Waals surface area contributed by atoms with Crippen molar-refractivity contribution in [2.24, 2.45) is 0 Å². The third-order valence-electron chi connectivity index (χ3n) is 3.66. The van der Waals surface area contributed by atoms with Crippen LogP contribution in [0.1, 0.15) is 6.92 Å². The van der Waals surface area contributed by atoms with E-state index in [1.165, 1.54) is 24.3 Å². The van der Waals surface area contributed by atoms with Crippen molar-refractivity contribution in [3.8, 4) is 0 Å². The van der Waals surface area contributed by atoms with Crippen LogP contribution in [-0.4, -0.2) is 31.2 Å². The molecule has 146 valence electrons. The minimum Gasteiger partial charge on any atom is -0.399 e. The Labute approximate surface area is 157 Å². The number of nitrogens with two attached hydrogens (primary N) is 1. The van der Waals surface area contributed by atoms with E-state index in [1.54, 1.807) is 0 Å². The quantitative estimate of drug-likeness (QED) is 0.656. The molecule has 0 heterocycles. The van der Waals surface area contributed by atoms with E-state index in [0.29, 0.717) is 0 Å². The van der Waals surface area contributed by atoms with E-state index in [0.717, 1.165) is 18.2 Å². The number of aliphatic hydroxyl groups is 1. The van der Waals surface area contributed by atoms with E-state index in [1.807, 2.05) is 5.32 Å². The van der Waals surface area contributed by atoms with Crippen LogP contribution in [0.5, 0.6) is 0 Å². The lowest BCUT2D eigenvalue weighted by Gasteiger charge is -2.25. The highest BCUT2D eigenvalue weighted by Gasteiger charge is 2.55. The summed E-state index contributed by atoms with van der Waals surface area (Å²) in [6, 6.07) is 8.54. The summed E-state index contributed by atoms with van der Waals surface area (Å²) in [5.41, 5.74) is 1.84. The molecule has 0 spiro atoms. The minimum atomic E-state index is -5.21. The van der Waals surface area contributed by atoms with Gasteiger partial charge in [0.2, 0.25) is 15.4 Å². The fourth-order valence-corrected chi connectivity index (χ4v) is 3.59. The van der Waals surface area contributed by atoms with Crippen molar-refractivity contribution in [1.29, 1.82) is 0 Å². The minimum absolute atomic E-state index is 0.102. The standard InChI is InChI=1S/C16H14ClF3N2O4S/c1-15(24,16(18,19)20)14(23)22-13-6-5-11(8-12(13)17)27(25,26)10-4-2-3-9(21)7-10/h2-8,24H,21H2,1H3,(H,22,23). The molecule has 1 unspecified atom stereocenters. The third-order valence-corrected chi connectivity index (χ3v) is 5.72. The van der Waals surface area contributed by atoms with Crippen molar-refractivity contribution < 1.29 is 31.5 Å². The maximum atomic E-state index is 12.7. The fourth-order valence-electron chi connectivity index (χ4n) is 1.95. The van der Waals surface area contributed by atoms with Crippen LogP contribution < -0.4 is 11.1 Å². The summed E-state index contributed by atoms with van der Waals surface area (Å²) in [4.78, 5) is 11.3. The predicted molar refractivity (Wildman–Crippen MR) is 93.1 cm³/mol. The molecule has 2 aromatic rings. The molecule has 0 radical (unpaired) electrons. The monoisotopic (exact) mass is 422 g/mol. The van der Waals surface area contributed by atoms with E-state index in [4.69, 9.17) is 17.3 Å². The maximum Gasteiger partial charge on any atom is 0.426 e. The average Bonchev–Trinajstić information content (AvgIpc) is 2.55. The van der Waals surface area contributed by atoms with Crippen molar-refractivity contribution >= 4 is 38.7 Å². The summed E-state index contributed by atoms with van der Waals surface area (Å²) >= 11 is 5.90. The van der Waals surface area contributed by atoms with Gasteiger partial charge in [-0.2, -0.15) is 13.2 Å². The smallest absolute Gasteiger partial charge is 0.399 e. The van der Waals surface area contributed by atoms with Gasteiger partial charge >= 0.3 is 6.18 Å². The Balaban J connectivity index is 2.35. The number of carbonyl (C=O) groups excluding carboxylic acids is 1. The number of nitrogens with one attached hydrogen (secondary N) is 1. The number of hydrogen-bond acceptors (Lipinski definition) is 5. The summed E-state index contributed by atoms with van der Waals surface area (Å²) in [5.74, 6) is -1.76. The summed E-state index contributed by atoms with van der Waals surface area (Å²) in [7, 11) is -3.99. The number of sulfone groups is 1. The van der Waals surface area contributed by atoms with E-state index in [-0.39, 0.29) is 33.1 Å². The molecule has 2 rings (SSSR count). The van der Waals surface area contributed by atoms with Crippen LogP contribution >= 0.6 is 11.6 Å². The van der Waals surface area contributed by atoms with Crippen molar-refractivity contribution in [3.63, 3.8) is 0 Å². The average molecular weight is 423 g/mol. The first-order valence-corrected chi connectivity index (χ1v) is 9.13. The highest BCUT2D eigenvalue weighted by atomic mass is 35.5. The first kappa shape index (κ1) is 21.0. The largest absolute Gasteiger partial charge is 0.426 e. The van der Waals surface area contributed by atoms with Crippen LogP contribution in [0.2, 0.25) is 5.02 Å². The van der Waals surface area contributed by atoms with E-state index >= 15 is 0 Å². The molecule has 0 bridgehead atoms. The van der Waals surface area contributed by atoms with Gasteiger partial charge < -0.3 is 16.2 Å². The second kappa shape index (κ2) is 7.02. The molecule has 0 aliphatic carbocycles. The van der Waals surface area contributed by atoms with Gasteiger partial charge in [-0.1, -0.05) is 17.7 Å². The number of benzene rings is 2. The van der Waals surface area contributed by atoms with Gasteiger partial charge in [0.25, 0.3) is 5.91 Å². The van der Waals surface area contributed by atoms with Crippen molar-refractivity contribution in [2.75, 3.05) is 11.1 Å². The summed E-state index contributed by atoms with van der Waals surface area (Å²) in [5, 5.41) is 10.8. The zero-order valence-corrected chi connectivity index (χ0v) is 15.3. The number of amides is 1. The number of rotatable bonds is 4. The van der Waals surface area contributed by atoms with Crippen LogP contribution in [-0.2, 0) is 14.6 Å². The lowest BCUT2D eigenvalue weighted by molar-refractivity contribution is -0.242. The van der Waals surface area contributed by atoms with Crippen LogP contribution in [0.3, 0.4) is 0 Å². The fraction of sp³-hybridized carbons (Fsp3) is 0.188. The molecule has 11 heteroatoms. The van der Waals surface area contributed by atoms with Gasteiger partial charge in [-0.05, 0) is 43.3 Å². The molecule has 0 saturated heterocycles. The molecule has 1 amide bonds. The molecule has 4 N–H and O–H groups in total. The first-order valence-electron chi connectivity index (χ1n) is 7.27.